The number of aryl methyl sites for hydroxylation is 2. The molecule has 1 N–H and O–H groups in total. The molecule has 3 aromatic rings. The molecule has 7 heteroatoms. The Morgan fingerprint density at radius 2 is 1.96 bits per heavy atom. The first-order chi connectivity index (χ1) is 11.9. The summed E-state index contributed by atoms with van der Waals surface area (Å²) in [7, 11) is -1.55. The molecule has 0 amide bonds. The van der Waals surface area contributed by atoms with Crippen molar-refractivity contribution in [1.29, 1.82) is 0 Å². The molecule has 2 aromatic heterocycles. The van der Waals surface area contributed by atoms with Gasteiger partial charge in [0.2, 0.25) is 10.0 Å². The summed E-state index contributed by atoms with van der Waals surface area (Å²) >= 11 is 0. The molecule has 0 saturated carbocycles. The van der Waals surface area contributed by atoms with Gasteiger partial charge in [-0.1, -0.05) is 35.9 Å². The molecule has 2 heterocycles. The quantitative estimate of drug-likeness (QED) is 0.736. The molecule has 0 spiro atoms. The summed E-state index contributed by atoms with van der Waals surface area (Å²) in [4.78, 5) is 4.37. The standard InChI is InChI=1S/C18H20N4O2S/c1-14-4-3-5-15(8-14)13-25(23,24)21-10-16-6-7-18(19-9-16)17-11-20-22(2)12-17/h3-9,11-12,21H,10,13H2,1-2H3. The van der Waals surface area contributed by atoms with Crippen LogP contribution in [0.3, 0.4) is 0 Å². The summed E-state index contributed by atoms with van der Waals surface area (Å²) in [6.45, 7) is 2.16. The minimum absolute atomic E-state index is 0.0319. The third-order valence-corrected chi connectivity index (χ3v) is 5.06. The SMILES string of the molecule is Cc1cccc(CS(=O)(=O)NCc2ccc(-c3cnn(C)c3)nc2)c1. The highest BCUT2D eigenvalue weighted by molar-refractivity contribution is 7.88. The molecular formula is C18H20N4O2S. The Morgan fingerprint density at radius 3 is 2.60 bits per heavy atom. The van der Waals surface area contributed by atoms with Gasteiger partial charge in [-0.05, 0) is 24.1 Å². The van der Waals surface area contributed by atoms with Crippen molar-refractivity contribution < 1.29 is 8.42 Å². The van der Waals surface area contributed by atoms with Crippen LogP contribution in [0.1, 0.15) is 16.7 Å². The van der Waals surface area contributed by atoms with Crippen LogP contribution >= 0.6 is 0 Å². The first-order valence-electron chi connectivity index (χ1n) is 7.88. The Bertz CT molecular complexity index is 963. The van der Waals surface area contributed by atoms with Crippen molar-refractivity contribution in [2.24, 2.45) is 7.05 Å². The second-order valence-corrected chi connectivity index (χ2v) is 7.83. The van der Waals surface area contributed by atoms with E-state index in [0.717, 1.165) is 27.9 Å². The molecule has 1 aromatic carbocycles. The van der Waals surface area contributed by atoms with E-state index >= 15 is 0 Å². The van der Waals surface area contributed by atoms with Crippen LogP contribution in [0.25, 0.3) is 11.3 Å². The van der Waals surface area contributed by atoms with Crippen molar-refractivity contribution in [2.75, 3.05) is 0 Å². The van der Waals surface area contributed by atoms with Crippen LogP contribution in [0.4, 0.5) is 0 Å². The number of nitrogens with zero attached hydrogens (tertiary/aromatic N) is 3. The summed E-state index contributed by atoms with van der Waals surface area (Å²) in [5, 5.41) is 4.12. The first kappa shape index (κ1) is 17.3. The van der Waals surface area contributed by atoms with E-state index in [1.165, 1.54) is 0 Å². The zero-order valence-corrected chi connectivity index (χ0v) is 15.0. The van der Waals surface area contributed by atoms with Gasteiger partial charge in [0.05, 0.1) is 17.6 Å². The maximum atomic E-state index is 12.2. The third kappa shape index (κ3) is 4.74. The number of benzene rings is 1. The third-order valence-electron chi connectivity index (χ3n) is 3.76. The number of hydrogen-bond acceptors (Lipinski definition) is 4. The highest BCUT2D eigenvalue weighted by Gasteiger charge is 2.12. The lowest BCUT2D eigenvalue weighted by Gasteiger charge is -2.08. The van der Waals surface area contributed by atoms with Gasteiger partial charge < -0.3 is 0 Å². The number of nitrogens with one attached hydrogen (secondary N) is 1. The monoisotopic (exact) mass is 356 g/mol. The maximum Gasteiger partial charge on any atom is 0.216 e. The Kier molecular flexibility index (Phi) is 4.96. The Labute approximate surface area is 147 Å². The smallest absolute Gasteiger partial charge is 0.216 e. The van der Waals surface area contributed by atoms with Crippen LogP contribution in [0.2, 0.25) is 0 Å². The molecule has 0 fully saturated rings. The van der Waals surface area contributed by atoms with E-state index in [4.69, 9.17) is 0 Å². The predicted octanol–water partition coefficient (Wildman–Crippen LogP) is 2.41. The van der Waals surface area contributed by atoms with Crippen LogP contribution in [0.5, 0.6) is 0 Å². The number of hydrogen-bond donors (Lipinski definition) is 1. The van der Waals surface area contributed by atoms with Gasteiger partial charge in [0.25, 0.3) is 0 Å². The van der Waals surface area contributed by atoms with Crippen LogP contribution in [0.15, 0.2) is 55.0 Å². The van der Waals surface area contributed by atoms with Crippen LogP contribution in [0, 0.1) is 6.92 Å². The van der Waals surface area contributed by atoms with E-state index in [9.17, 15) is 8.42 Å². The highest BCUT2D eigenvalue weighted by atomic mass is 32.2. The second-order valence-electron chi connectivity index (χ2n) is 6.02. The molecule has 0 unspecified atom stereocenters. The number of pyridine rings is 1. The van der Waals surface area contributed by atoms with Crippen molar-refractivity contribution in [3.63, 3.8) is 0 Å². The normalized spacial score (nSPS) is 11.6. The number of rotatable bonds is 6. The Morgan fingerprint density at radius 1 is 1.12 bits per heavy atom. The lowest BCUT2D eigenvalue weighted by Crippen LogP contribution is -2.24. The lowest BCUT2D eigenvalue weighted by molar-refractivity contribution is 0.580. The van der Waals surface area contributed by atoms with Crippen molar-refractivity contribution in [3.8, 4) is 11.3 Å². The van der Waals surface area contributed by atoms with Crippen LogP contribution in [-0.4, -0.2) is 23.2 Å². The molecule has 0 bridgehead atoms. The van der Waals surface area contributed by atoms with E-state index in [2.05, 4.69) is 14.8 Å². The van der Waals surface area contributed by atoms with Gasteiger partial charge in [-0.25, -0.2) is 13.1 Å². The molecule has 3 rings (SSSR count). The maximum absolute atomic E-state index is 12.2. The van der Waals surface area contributed by atoms with Gasteiger partial charge in [-0.3, -0.25) is 9.67 Å². The van der Waals surface area contributed by atoms with E-state index in [0.29, 0.717) is 0 Å². The molecule has 130 valence electrons. The highest BCUT2D eigenvalue weighted by Crippen LogP contribution is 2.16. The van der Waals surface area contributed by atoms with E-state index < -0.39 is 10.0 Å². The van der Waals surface area contributed by atoms with Gasteiger partial charge >= 0.3 is 0 Å². The number of aromatic nitrogens is 3. The van der Waals surface area contributed by atoms with E-state index in [-0.39, 0.29) is 12.3 Å². The zero-order chi connectivity index (χ0) is 17.9. The molecule has 0 aliphatic rings. The fourth-order valence-corrected chi connectivity index (χ4v) is 3.63. The zero-order valence-electron chi connectivity index (χ0n) is 14.2. The molecule has 0 aliphatic heterocycles. The lowest BCUT2D eigenvalue weighted by atomic mass is 10.2. The largest absolute Gasteiger partial charge is 0.275 e. The van der Waals surface area contributed by atoms with Gasteiger partial charge in [0.1, 0.15) is 0 Å². The molecule has 0 aliphatic carbocycles. The van der Waals surface area contributed by atoms with Gasteiger partial charge in [-0.15, -0.1) is 0 Å². The average molecular weight is 356 g/mol. The van der Waals surface area contributed by atoms with E-state index in [1.54, 1.807) is 17.1 Å². The summed E-state index contributed by atoms with van der Waals surface area (Å²) in [5.74, 6) is -0.0319. The summed E-state index contributed by atoms with van der Waals surface area (Å²) in [6, 6.07) is 11.2. The van der Waals surface area contributed by atoms with Crippen molar-refractivity contribution in [1.82, 2.24) is 19.5 Å². The van der Waals surface area contributed by atoms with Crippen molar-refractivity contribution >= 4 is 10.0 Å². The summed E-state index contributed by atoms with van der Waals surface area (Å²) < 4.78 is 28.8. The molecule has 25 heavy (non-hydrogen) atoms. The minimum atomic E-state index is -3.40. The van der Waals surface area contributed by atoms with Crippen molar-refractivity contribution in [3.05, 3.63) is 71.7 Å². The fraction of sp³-hybridized carbons (Fsp3) is 0.222. The van der Waals surface area contributed by atoms with Gasteiger partial charge in [0, 0.05) is 31.5 Å². The minimum Gasteiger partial charge on any atom is -0.275 e. The molecule has 0 radical (unpaired) electrons. The summed E-state index contributed by atoms with van der Waals surface area (Å²) in [5.41, 5.74) is 4.36. The van der Waals surface area contributed by atoms with Crippen LogP contribution < -0.4 is 4.72 Å². The fourth-order valence-electron chi connectivity index (χ4n) is 2.52. The number of sulfonamides is 1. The Balaban J connectivity index is 1.62. The van der Waals surface area contributed by atoms with Gasteiger partial charge in [0.15, 0.2) is 0 Å². The second kappa shape index (κ2) is 7.16. The van der Waals surface area contributed by atoms with Gasteiger partial charge in [-0.2, -0.15) is 5.10 Å². The average Bonchev–Trinajstić information content (AvgIpc) is 3.00. The van der Waals surface area contributed by atoms with Crippen LogP contribution in [-0.2, 0) is 29.4 Å². The first-order valence-corrected chi connectivity index (χ1v) is 9.53. The topological polar surface area (TPSA) is 76.9 Å². The van der Waals surface area contributed by atoms with E-state index in [1.807, 2.05) is 56.6 Å². The Hall–Kier alpha value is -2.51. The molecular weight excluding hydrogens is 336 g/mol. The molecule has 6 nitrogen and oxygen atoms in total. The molecule has 0 saturated heterocycles. The van der Waals surface area contributed by atoms with Crippen molar-refractivity contribution in [2.45, 2.75) is 19.2 Å². The summed E-state index contributed by atoms with van der Waals surface area (Å²) in [6.07, 6.45) is 5.30. The molecule has 0 atom stereocenters. The predicted molar refractivity (Wildman–Crippen MR) is 97.1 cm³/mol.